The summed E-state index contributed by atoms with van der Waals surface area (Å²) in [6.07, 6.45) is 2.71. The summed E-state index contributed by atoms with van der Waals surface area (Å²) in [6, 6.07) is -0.436. The van der Waals surface area contributed by atoms with Crippen LogP contribution in [-0.2, 0) is 0 Å². The number of rotatable bonds is 8. The van der Waals surface area contributed by atoms with Crippen molar-refractivity contribution in [1.82, 2.24) is 0 Å². The maximum Gasteiger partial charge on any atom is 0.0786 e. The van der Waals surface area contributed by atoms with Gasteiger partial charge in [-0.2, -0.15) is 0 Å². The maximum absolute atomic E-state index is 9.57. The molecule has 0 heterocycles. The van der Waals surface area contributed by atoms with Gasteiger partial charge in [-0.05, 0) is 12.8 Å². The van der Waals surface area contributed by atoms with E-state index in [0.29, 0.717) is 6.42 Å². The minimum atomic E-state index is -0.814. The molecular weight excluding hydrogens is 182 g/mol. The Labute approximate surface area is 85.7 Å². The van der Waals surface area contributed by atoms with Crippen molar-refractivity contribution in [3.63, 3.8) is 0 Å². The van der Waals surface area contributed by atoms with Gasteiger partial charge >= 0.3 is 0 Å². The lowest BCUT2D eigenvalue weighted by Gasteiger charge is -2.20. The summed E-state index contributed by atoms with van der Waals surface area (Å²) in [6.45, 7) is 1.80. The molecule has 3 atom stereocenters. The van der Waals surface area contributed by atoms with Crippen LogP contribution in [-0.4, -0.2) is 40.2 Å². The normalized spacial score (nSPS) is 17.8. The Morgan fingerprint density at radius 2 is 1.86 bits per heavy atom. The second kappa shape index (κ2) is 8.17. The zero-order valence-electron chi connectivity index (χ0n) is 8.89. The fraction of sp³-hybridized carbons (Fsp3) is 1.00. The van der Waals surface area contributed by atoms with Crippen LogP contribution in [0.3, 0.4) is 0 Å². The Hall–Kier alpha value is -0.160. The fourth-order valence-electron chi connectivity index (χ4n) is 1.36. The van der Waals surface area contributed by atoms with Gasteiger partial charge in [-0.25, -0.2) is 0 Å². The van der Waals surface area contributed by atoms with Gasteiger partial charge in [0.15, 0.2) is 0 Å². The third kappa shape index (κ3) is 6.32. The SMILES string of the molecule is CCCCC[C@H](O)[C@@H](N)C[C@@H](O)CO. The highest BCUT2D eigenvalue weighted by Crippen LogP contribution is 2.09. The quantitative estimate of drug-likeness (QED) is 0.420. The highest BCUT2D eigenvalue weighted by Gasteiger charge is 2.17. The number of aliphatic hydroxyl groups is 3. The molecule has 4 nitrogen and oxygen atoms in total. The van der Waals surface area contributed by atoms with Crippen LogP contribution in [0.15, 0.2) is 0 Å². The predicted molar refractivity (Wildman–Crippen MR) is 55.8 cm³/mol. The standard InChI is InChI=1S/C10H23NO3/c1-2-3-4-5-10(14)9(11)6-8(13)7-12/h8-10,12-14H,2-7,11H2,1H3/t8-,9+,10+/m1/s1. The highest BCUT2D eigenvalue weighted by molar-refractivity contribution is 4.74. The molecular formula is C10H23NO3. The first-order chi connectivity index (χ1) is 6.61. The van der Waals surface area contributed by atoms with Crippen LogP contribution >= 0.6 is 0 Å². The molecule has 4 heteroatoms. The predicted octanol–water partition coefficient (Wildman–Crippen LogP) is -0.00180. The van der Waals surface area contributed by atoms with Gasteiger partial charge in [0.1, 0.15) is 0 Å². The molecule has 0 spiro atoms. The monoisotopic (exact) mass is 205 g/mol. The zero-order chi connectivity index (χ0) is 11.0. The van der Waals surface area contributed by atoms with Gasteiger partial charge in [0, 0.05) is 6.04 Å². The average molecular weight is 205 g/mol. The molecule has 0 aliphatic rings. The fourth-order valence-corrected chi connectivity index (χ4v) is 1.36. The largest absolute Gasteiger partial charge is 0.394 e. The molecule has 0 aliphatic heterocycles. The van der Waals surface area contributed by atoms with Crippen LogP contribution in [0.4, 0.5) is 0 Å². The molecule has 0 radical (unpaired) electrons. The minimum Gasteiger partial charge on any atom is -0.394 e. The van der Waals surface area contributed by atoms with Gasteiger partial charge < -0.3 is 21.1 Å². The van der Waals surface area contributed by atoms with E-state index in [1.807, 2.05) is 0 Å². The smallest absolute Gasteiger partial charge is 0.0786 e. The molecule has 14 heavy (non-hydrogen) atoms. The molecule has 0 unspecified atom stereocenters. The minimum absolute atomic E-state index is 0.254. The molecule has 0 aromatic rings. The Kier molecular flexibility index (Phi) is 8.08. The molecule has 0 amide bonds. The molecule has 0 saturated carbocycles. The molecule has 5 N–H and O–H groups in total. The van der Waals surface area contributed by atoms with Crippen LogP contribution in [0, 0.1) is 0 Å². The van der Waals surface area contributed by atoms with Crippen LogP contribution in [0.25, 0.3) is 0 Å². The maximum atomic E-state index is 9.57. The zero-order valence-corrected chi connectivity index (χ0v) is 8.89. The van der Waals surface area contributed by atoms with Crippen molar-refractivity contribution >= 4 is 0 Å². The number of hydrogen-bond acceptors (Lipinski definition) is 4. The molecule has 0 aromatic heterocycles. The van der Waals surface area contributed by atoms with E-state index in [4.69, 9.17) is 15.9 Å². The summed E-state index contributed by atoms with van der Waals surface area (Å²) in [5.41, 5.74) is 5.65. The summed E-state index contributed by atoms with van der Waals surface area (Å²) in [5, 5.41) is 27.3. The molecule has 0 rings (SSSR count). The summed E-state index contributed by atoms with van der Waals surface area (Å²) in [4.78, 5) is 0. The molecule has 0 saturated heterocycles. The van der Waals surface area contributed by atoms with E-state index in [0.717, 1.165) is 19.3 Å². The van der Waals surface area contributed by atoms with Gasteiger partial charge in [0.2, 0.25) is 0 Å². The number of hydrogen-bond donors (Lipinski definition) is 4. The summed E-state index contributed by atoms with van der Waals surface area (Å²) >= 11 is 0. The number of aliphatic hydroxyl groups excluding tert-OH is 3. The van der Waals surface area contributed by atoms with E-state index in [2.05, 4.69) is 6.92 Å². The summed E-state index contributed by atoms with van der Waals surface area (Å²) in [7, 11) is 0. The van der Waals surface area contributed by atoms with Gasteiger partial charge in [-0.15, -0.1) is 0 Å². The van der Waals surface area contributed by atoms with Gasteiger partial charge in [0.25, 0.3) is 0 Å². The first-order valence-electron chi connectivity index (χ1n) is 5.34. The molecule has 0 bridgehead atoms. The average Bonchev–Trinajstić information content (AvgIpc) is 2.17. The lowest BCUT2D eigenvalue weighted by Crippen LogP contribution is -2.38. The highest BCUT2D eigenvalue weighted by atomic mass is 16.3. The van der Waals surface area contributed by atoms with Crippen LogP contribution in [0.5, 0.6) is 0 Å². The van der Waals surface area contributed by atoms with Gasteiger partial charge in [-0.3, -0.25) is 0 Å². The summed E-state index contributed by atoms with van der Waals surface area (Å²) < 4.78 is 0. The van der Waals surface area contributed by atoms with Crippen molar-refractivity contribution in [3.8, 4) is 0 Å². The van der Waals surface area contributed by atoms with E-state index in [1.54, 1.807) is 0 Å². The Morgan fingerprint density at radius 1 is 1.21 bits per heavy atom. The van der Waals surface area contributed by atoms with Gasteiger partial charge in [-0.1, -0.05) is 26.2 Å². The molecule has 86 valence electrons. The third-order valence-corrected chi connectivity index (χ3v) is 2.35. The molecule has 0 fully saturated rings. The molecule has 0 aromatic carbocycles. The topological polar surface area (TPSA) is 86.7 Å². The van der Waals surface area contributed by atoms with Crippen LogP contribution in [0.1, 0.15) is 39.0 Å². The van der Waals surface area contributed by atoms with Crippen molar-refractivity contribution in [2.24, 2.45) is 5.73 Å². The van der Waals surface area contributed by atoms with E-state index < -0.39 is 18.2 Å². The first-order valence-corrected chi connectivity index (χ1v) is 5.34. The van der Waals surface area contributed by atoms with Crippen molar-refractivity contribution in [2.45, 2.75) is 57.3 Å². The van der Waals surface area contributed by atoms with Crippen molar-refractivity contribution in [2.75, 3.05) is 6.61 Å². The molecule has 0 aliphatic carbocycles. The first kappa shape index (κ1) is 13.8. The van der Waals surface area contributed by atoms with Crippen molar-refractivity contribution in [1.29, 1.82) is 0 Å². The van der Waals surface area contributed by atoms with Crippen molar-refractivity contribution in [3.05, 3.63) is 0 Å². The van der Waals surface area contributed by atoms with E-state index in [9.17, 15) is 5.11 Å². The van der Waals surface area contributed by atoms with Crippen LogP contribution in [0.2, 0.25) is 0 Å². The summed E-state index contributed by atoms with van der Waals surface area (Å²) in [5.74, 6) is 0. The van der Waals surface area contributed by atoms with E-state index in [1.165, 1.54) is 0 Å². The lowest BCUT2D eigenvalue weighted by atomic mass is 10.00. The Balaban J connectivity index is 3.58. The van der Waals surface area contributed by atoms with E-state index in [-0.39, 0.29) is 13.0 Å². The van der Waals surface area contributed by atoms with E-state index >= 15 is 0 Å². The Morgan fingerprint density at radius 3 is 2.36 bits per heavy atom. The number of unbranched alkanes of at least 4 members (excludes halogenated alkanes) is 2. The van der Waals surface area contributed by atoms with Gasteiger partial charge in [0.05, 0.1) is 18.8 Å². The lowest BCUT2D eigenvalue weighted by molar-refractivity contribution is 0.0547. The number of nitrogens with two attached hydrogens (primary N) is 1. The second-order valence-electron chi connectivity index (χ2n) is 3.80. The Bertz CT molecular complexity index is 133. The second-order valence-corrected chi connectivity index (χ2v) is 3.80. The third-order valence-electron chi connectivity index (χ3n) is 2.35. The van der Waals surface area contributed by atoms with Crippen molar-refractivity contribution < 1.29 is 15.3 Å². The van der Waals surface area contributed by atoms with Crippen LogP contribution < -0.4 is 5.73 Å².